The second-order valence-electron chi connectivity index (χ2n) is 6.62. The van der Waals surface area contributed by atoms with Crippen LogP contribution in [0.4, 0.5) is 0 Å². The molecule has 0 spiro atoms. The van der Waals surface area contributed by atoms with Crippen LogP contribution in [0, 0.1) is 6.92 Å². The molecule has 0 saturated carbocycles. The van der Waals surface area contributed by atoms with Gasteiger partial charge < -0.3 is 13.9 Å². The summed E-state index contributed by atoms with van der Waals surface area (Å²) in [6.07, 6.45) is 3.45. The molecule has 7 nitrogen and oxygen atoms in total. The van der Waals surface area contributed by atoms with Crippen molar-refractivity contribution in [1.82, 2.24) is 9.78 Å². The molecule has 0 N–H and O–H groups in total. The highest BCUT2D eigenvalue weighted by molar-refractivity contribution is 5.83. The Morgan fingerprint density at radius 2 is 1.97 bits per heavy atom. The molecule has 0 radical (unpaired) electrons. The third kappa shape index (κ3) is 3.82. The molecule has 2 aromatic heterocycles. The summed E-state index contributed by atoms with van der Waals surface area (Å²) in [6, 6.07) is 14.5. The second kappa shape index (κ2) is 8.24. The topological polar surface area (TPSA) is 83.6 Å². The zero-order chi connectivity index (χ0) is 21.1. The Morgan fingerprint density at radius 1 is 1.17 bits per heavy atom. The van der Waals surface area contributed by atoms with Crippen molar-refractivity contribution in [3.8, 4) is 22.6 Å². The van der Waals surface area contributed by atoms with E-state index in [1.54, 1.807) is 49.1 Å². The lowest BCUT2D eigenvalue weighted by Crippen LogP contribution is -2.14. The molecular formula is C23H20N2O5. The Balaban J connectivity index is 1.67. The van der Waals surface area contributed by atoms with Crippen LogP contribution in [0.25, 0.3) is 27.8 Å². The first-order valence-corrected chi connectivity index (χ1v) is 9.53. The number of ether oxygens (including phenoxy) is 2. The molecule has 2 aromatic carbocycles. The molecule has 152 valence electrons. The normalized spacial score (nSPS) is 10.9. The number of aryl methyl sites for hydroxylation is 1. The van der Waals surface area contributed by atoms with Crippen LogP contribution in [0.15, 0.2) is 70.1 Å². The van der Waals surface area contributed by atoms with Gasteiger partial charge in [0.1, 0.15) is 17.1 Å². The minimum atomic E-state index is -0.457. The van der Waals surface area contributed by atoms with Gasteiger partial charge in [-0.3, -0.25) is 4.79 Å². The standard InChI is InChI=1S/C23H20N2O5/c1-3-28-21(26)14-29-18-9-10-19-20(11-18)30-15(2)22(23(19)27)16-12-24-25(13-16)17-7-5-4-6-8-17/h4-13H,3,14H2,1-2H3. The Kier molecular flexibility index (Phi) is 5.34. The van der Waals surface area contributed by atoms with Gasteiger partial charge in [-0.1, -0.05) is 18.2 Å². The number of aromatic nitrogens is 2. The van der Waals surface area contributed by atoms with E-state index in [4.69, 9.17) is 13.9 Å². The number of nitrogens with zero attached hydrogens (tertiary/aromatic N) is 2. The number of para-hydroxylation sites is 1. The fourth-order valence-corrected chi connectivity index (χ4v) is 3.23. The third-order valence-corrected chi connectivity index (χ3v) is 4.59. The molecule has 2 heterocycles. The van der Waals surface area contributed by atoms with Crippen molar-refractivity contribution in [2.24, 2.45) is 0 Å². The fraction of sp³-hybridized carbons (Fsp3) is 0.174. The van der Waals surface area contributed by atoms with Crippen molar-refractivity contribution in [1.29, 1.82) is 0 Å². The van der Waals surface area contributed by atoms with Gasteiger partial charge in [-0.05, 0) is 38.1 Å². The van der Waals surface area contributed by atoms with Crippen molar-refractivity contribution < 1.29 is 18.7 Å². The highest BCUT2D eigenvalue weighted by Gasteiger charge is 2.16. The lowest BCUT2D eigenvalue weighted by molar-refractivity contribution is -0.145. The van der Waals surface area contributed by atoms with Gasteiger partial charge in [-0.25, -0.2) is 9.48 Å². The minimum Gasteiger partial charge on any atom is -0.482 e. The maximum absolute atomic E-state index is 13.1. The molecule has 0 aliphatic rings. The van der Waals surface area contributed by atoms with Crippen molar-refractivity contribution in [2.45, 2.75) is 13.8 Å². The summed E-state index contributed by atoms with van der Waals surface area (Å²) in [5.41, 5.74) is 2.27. The second-order valence-corrected chi connectivity index (χ2v) is 6.62. The van der Waals surface area contributed by atoms with E-state index in [1.807, 2.05) is 30.3 Å². The summed E-state index contributed by atoms with van der Waals surface area (Å²) in [4.78, 5) is 24.6. The predicted octanol–water partition coefficient (Wildman–Crippen LogP) is 3.90. The third-order valence-electron chi connectivity index (χ3n) is 4.59. The fourth-order valence-electron chi connectivity index (χ4n) is 3.23. The summed E-state index contributed by atoms with van der Waals surface area (Å²) in [5, 5.41) is 4.79. The van der Waals surface area contributed by atoms with Gasteiger partial charge in [0, 0.05) is 17.8 Å². The molecule has 0 aliphatic carbocycles. The van der Waals surface area contributed by atoms with E-state index >= 15 is 0 Å². The van der Waals surface area contributed by atoms with Crippen LogP contribution in [0.3, 0.4) is 0 Å². The van der Waals surface area contributed by atoms with E-state index in [2.05, 4.69) is 5.10 Å². The van der Waals surface area contributed by atoms with E-state index in [9.17, 15) is 9.59 Å². The van der Waals surface area contributed by atoms with E-state index in [0.717, 1.165) is 5.69 Å². The molecule has 0 saturated heterocycles. The van der Waals surface area contributed by atoms with Crippen molar-refractivity contribution >= 4 is 16.9 Å². The first-order chi connectivity index (χ1) is 14.6. The summed E-state index contributed by atoms with van der Waals surface area (Å²) in [5.74, 6) is 0.436. The average molecular weight is 404 g/mol. The monoisotopic (exact) mass is 404 g/mol. The molecule has 0 amide bonds. The van der Waals surface area contributed by atoms with Gasteiger partial charge >= 0.3 is 5.97 Å². The highest BCUT2D eigenvalue weighted by Crippen LogP contribution is 2.26. The van der Waals surface area contributed by atoms with E-state index in [1.165, 1.54) is 0 Å². The summed E-state index contributed by atoms with van der Waals surface area (Å²) >= 11 is 0. The molecule has 0 unspecified atom stereocenters. The Hall–Kier alpha value is -3.87. The lowest BCUT2D eigenvalue weighted by Gasteiger charge is -2.08. The van der Waals surface area contributed by atoms with Gasteiger partial charge in [0.2, 0.25) is 5.43 Å². The van der Waals surface area contributed by atoms with Crippen LogP contribution in [0.1, 0.15) is 12.7 Å². The zero-order valence-corrected chi connectivity index (χ0v) is 16.6. The number of esters is 1. The van der Waals surface area contributed by atoms with Gasteiger partial charge in [0.05, 0.1) is 29.4 Å². The van der Waals surface area contributed by atoms with Crippen molar-refractivity contribution in [3.63, 3.8) is 0 Å². The van der Waals surface area contributed by atoms with Crippen LogP contribution in [-0.4, -0.2) is 29.0 Å². The zero-order valence-electron chi connectivity index (χ0n) is 16.6. The number of fused-ring (bicyclic) bond motifs is 1. The largest absolute Gasteiger partial charge is 0.482 e. The van der Waals surface area contributed by atoms with Crippen molar-refractivity contribution in [2.75, 3.05) is 13.2 Å². The molecule has 0 atom stereocenters. The summed E-state index contributed by atoms with van der Waals surface area (Å²) < 4.78 is 17.9. The summed E-state index contributed by atoms with van der Waals surface area (Å²) in [6.45, 7) is 3.55. The first-order valence-electron chi connectivity index (χ1n) is 9.53. The Morgan fingerprint density at radius 3 is 2.73 bits per heavy atom. The average Bonchev–Trinajstić information content (AvgIpc) is 3.22. The lowest BCUT2D eigenvalue weighted by atomic mass is 10.1. The van der Waals surface area contributed by atoms with Crippen molar-refractivity contribution in [3.05, 3.63) is 76.9 Å². The SMILES string of the molecule is CCOC(=O)COc1ccc2c(=O)c(-c3cnn(-c4ccccc4)c3)c(C)oc2c1. The summed E-state index contributed by atoms with van der Waals surface area (Å²) in [7, 11) is 0. The molecule has 0 aliphatic heterocycles. The number of carbonyl (C=O) groups is 1. The predicted molar refractivity (Wildman–Crippen MR) is 112 cm³/mol. The molecule has 0 bridgehead atoms. The smallest absolute Gasteiger partial charge is 0.344 e. The van der Waals surface area contributed by atoms with Crippen LogP contribution >= 0.6 is 0 Å². The van der Waals surface area contributed by atoms with E-state index in [0.29, 0.717) is 33.6 Å². The van der Waals surface area contributed by atoms with Gasteiger partial charge in [0.25, 0.3) is 0 Å². The Labute approximate surface area is 172 Å². The molecular weight excluding hydrogens is 384 g/mol. The quantitative estimate of drug-likeness (QED) is 0.453. The van der Waals surface area contributed by atoms with Gasteiger partial charge in [0.15, 0.2) is 6.61 Å². The maximum atomic E-state index is 13.1. The Bertz CT molecular complexity index is 1260. The number of carbonyl (C=O) groups excluding carboxylic acids is 1. The molecule has 30 heavy (non-hydrogen) atoms. The van der Waals surface area contributed by atoms with E-state index in [-0.39, 0.29) is 18.6 Å². The number of hydrogen-bond donors (Lipinski definition) is 0. The van der Waals surface area contributed by atoms with Gasteiger partial charge in [-0.15, -0.1) is 0 Å². The van der Waals surface area contributed by atoms with E-state index < -0.39 is 5.97 Å². The number of hydrogen-bond acceptors (Lipinski definition) is 6. The van der Waals surface area contributed by atoms with Gasteiger partial charge in [-0.2, -0.15) is 5.10 Å². The first kappa shape index (κ1) is 19.4. The highest BCUT2D eigenvalue weighted by atomic mass is 16.6. The van der Waals surface area contributed by atoms with Crippen LogP contribution in [0.5, 0.6) is 5.75 Å². The molecule has 4 aromatic rings. The molecule has 7 heteroatoms. The van der Waals surface area contributed by atoms with Crippen LogP contribution < -0.4 is 10.2 Å². The molecule has 0 fully saturated rings. The number of rotatable bonds is 6. The minimum absolute atomic E-state index is 0.154. The molecule has 4 rings (SSSR count). The van der Waals surface area contributed by atoms with Crippen LogP contribution in [0.2, 0.25) is 0 Å². The number of benzene rings is 2. The maximum Gasteiger partial charge on any atom is 0.344 e. The van der Waals surface area contributed by atoms with Crippen LogP contribution in [-0.2, 0) is 9.53 Å².